The number of amides is 2. The molecule has 2 amide bonds. The number of carbonyl (C=O) groups excluding carboxylic acids is 2. The highest BCUT2D eigenvalue weighted by molar-refractivity contribution is 7.99. The van der Waals surface area contributed by atoms with Gasteiger partial charge in [0.2, 0.25) is 11.7 Å². The van der Waals surface area contributed by atoms with Crippen molar-refractivity contribution in [3.8, 4) is 0 Å². The number of nitrogens with one attached hydrogen (secondary N) is 1. The average molecular weight is 295 g/mol. The van der Waals surface area contributed by atoms with Gasteiger partial charge in [0.15, 0.2) is 0 Å². The predicted molar refractivity (Wildman–Crippen MR) is 74.3 cm³/mol. The van der Waals surface area contributed by atoms with E-state index in [4.69, 9.17) is 4.52 Å². The van der Waals surface area contributed by atoms with Gasteiger partial charge in [-0.05, 0) is 25.7 Å². The summed E-state index contributed by atoms with van der Waals surface area (Å²) in [6.45, 7) is 2.49. The van der Waals surface area contributed by atoms with Gasteiger partial charge in [-0.3, -0.25) is 9.59 Å². The van der Waals surface area contributed by atoms with Gasteiger partial charge in [-0.25, -0.2) is 0 Å². The van der Waals surface area contributed by atoms with Crippen molar-refractivity contribution in [2.75, 3.05) is 18.2 Å². The lowest BCUT2D eigenvalue weighted by atomic mass is 10.2. The molecule has 1 atom stereocenters. The summed E-state index contributed by atoms with van der Waals surface area (Å²) in [5.74, 6) is 1.66. The van der Waals surface area contributed by atoms with Crippen LogP contribution in [0.5, 0.6) is 0 Å². The fourth-order valence-electron chi connectivity index (χ4n) is 2.15. The molecule has 1 aliphatic carbocycles. The largest absolute Gasteiger partial charge is 0.354 e. The molecule has 0 unspecified atom stereocenters. The summed E-state index contributed by atoms with van der Waals surface area (Å²) in [5, 5.41) is 6.65. The smallest absolute Gasteiger partial charge is 0.293 e. The van der Waals surface area contributed by atoms with Gasteiger partial charge in [-0.15, -0.1) is 11.8 Å². The van der Waals surface area contributed by atoms with Crippen molar-refractivity contribution in [3.05, 3.63) is 17.5 Å². The van der Waals surface area contributed by atoms with E-state index in [9.17, 15) is 9.59 Å². The zero-order valence-electron chi connectivity index (χ0n) is 11.3. The molecule has 1 saturated carbocycles. The molecule has 0 bridgehead atoms. The van der Waals surface area contributed by atoms with Crippen LogP contribution in [0.4, 0.5) is 0 Å². The molecular formula is C13H17N3O3S. The number of aromatic nitrogens is 1. The summed E-state index contributed by atoms with van der Waals surface area (Å²) < 4.78 is 4.99. The fourth-order valence-corrected chi connectivity index (χ4v) is 3.30. The van der Waals surface area contributed by atoms with Crippen molar-refractivity contribution in [1.82, 2.24) is 15.4 Å². The van der Waals surface area contributed by atoms with E-state index >= 15 is 0 Å². The topological polar surface area (TPSA) is 75.4 Å². The van der Waals surface area contributed by atoms with Crippen LogP contribution in [0.1, 0.15) is 29.1 Å². The minimum Gasteiger partial charge on any atom is -0.354 e. The highest BCUT2D eigenvalue weighted by atomic mass is 32.2. The van der Waals surface area contributed by atoms with Gasteiger partial charge >= 0.3 is 0 Å². The maximum absolute atomic E-state index is 12.3. The Kier molecular flexibility index (Phi) is 3.69. The first kappa shape index (κ1) is 13.5. The van der Waals surface area contributed by atoms with E-state index in [0.717, 1.165) is 6.54 Å². The third kappa shape index (κ3) is 2.82. The monoisotopic (exact) mass is 295 g/mol. The molecule has 108 valence electrons. The van der Waals surface area contributed by atoms with Crippen LogP contribution in [0.3, 0.4) is 0 Å². The molecule has 1 aliphatic heterocycles. The molecule has 2 heterocycles. The molecule has 0 radical (unpaired) electrons. The lowest BCUT2D eigenvalue weighted by Gasteiger charge is -2.21. The number of hydrogen-bond acceptors (Lipinski definition) is 5. The standard InChI is InChI=1S/C13H17N3O3S/c1-8-4-11(19-15-8)13(18)16-7-20-6-10(16)12(17)14-5-9-2-3-9/h4,9-10H,2-3,5-7H2,1H3,(H,14,17)/t10-/m1/s1. The van der Waals surface area contributed by atoms with E-state index in [0.29, 0.717) is 23.2 Å². The van der Waals surface area contributed by atoms with Gasteiger partial charge in [0.25, 0.3) is 5.91 Å². The summed E-state index contributed by atoms with van der Waals surface area (Å²) in [7, 11) is 0. The molecule has 3 rings (SSSR count). The number of rotatable bonds is 4. The molecule has 6 nitrogen and oxygen atoms in total. The SMILES string of the molecule is Cc1cc(C(=O)N2CSC[C@@H]2C(=O)NCC2CC2)on1. The van der Waals surface area contributed by atoms with Gasteiger partial charge in [0.05, 0.1) is 11.6 Å². The summed E-state index contributed by atoms with van der Waals surface area (Å²) >= 11 is 1.58. The van der Waals surface area contributed by atoms with Crippen molar-refractivity contribution >= 4 is 23.6 Å². The molecule has 1 N–H and O–H groups in total. The van der Waals surface area contributed by atoms with Crippen LogP contribution >= 0.6 is 11.8 Å². The number of hydrogen-bond donors (Lipinski definition) is 1. The quantitative estimate of drug-likeness (QED) is 0.897. The Bertz CT molecular complexity index is 527. The first-order valence-electron chi connectivity index (χ1n) is 6.75. The van der Waals surface area contributed by atoms with Crippen molar-refractivity contribution in [3.63, 3.8) is 0 Å². The molecule has 1 saturated heterocycles. The second-order valence-corrected chi connectivity index (χ2v) is 6.31. The Balaban J connectivity index is 1.64. The summed E-state index contributed by atoms with van der Waals surface area (Å²) in [6.07, 6.45) is 2.39. The predicted octanol–water partition coefficient (Wildman–Crippen LogP) is 1.02. The summed E-state index contributed by atoms with van der Waals surface area (Å²) in [4.78, 5) is 26.1. The molecular weight excluding hydrogens is 278 g/mol. The maximum atomic E-state index is 12.3. The Morgan fingerprint density at radius 1 is 1.55 bits per heavy atom. The third-order valence-corrected chi connectivity index (χ3v) is 4.56. The van der Waals surface area contributed by atoms with E-state index in [1.54, 1.807) is 29.7 Å². The van der Waals surface area contributed by atoms with Crippen molar-refractivity contribution in [1.29, 1.82) is 0 Å². The molecule has 1 aromatic rings. The Labute approximate surface area is 121 Å². The van der Waals surface area contributed by atoms with E-state index in [2.05, 4.69) is 10.5 Å². The van der Waals surface area contributed by atoms with Gasteiger partial charge in [0.1, 0.15) is 6.04 Å². The van der Waals surface area contributed by atoms with Crippen LogP contribution in [0.2, 0.25) is 0 Å². The van der Waals surface area contributed by atoms with Gasteiger partial charge in [-0.2, -0.15) is 0 Å². The van der Waals surface area contributed by atoms with Crippen LogP contribution in [0.25, 0.3) is 0 Å². The van der Waals surface area contributed by atoms with E-state index in [1.165, 1.54) is 12.8 Å². The number of carbonyl (C=O) groups is 2. The van der Waals surface area contributed by atoms with Gasteiger partial charge in [-0.1, -0.05) is 5.16 Å². The molecule has 0 spiro atoms. The van der Waals surface area contributed by atoms with Crippen LogP contribution in [-0.4, -0.2) is 46.1 Å². The molecule has 7 heteroatoms. The Morgan fingerprint density at radius 3 is 3.00 bits per heavy atom. The average Bonchev–Trinajstić information content (AvgIpc) is 2.96. The van der Waals surface area contributed by atoms with Crippen LogP contribution in [-0.2, 0) is 4.79 Å². The molecule has 2 fully saturated rings. The Hall–Kier alpha value is -1.50. The van der Waals surface area contributed by atoms with E-state index in [-0.39, 0.29) is 17.6 Å². The summed E-state index contributed by atoms with van der Waals surface area (Å²) in [5.41, 5.74) is 0.662. The zero-order valence-corrected chi connectivity index (χ0v) is 12.1. The van der Waals surface area contributed by atoms with E-state index < -0.39 is 6.04 Å². The minimum atomic E-state index is -0.406. The Morgan fingerprint density at radius 2 is 2.35 bits per heavy atom. The number of thioether (sulfide) groups is 1. The summed E-state index contributed by atoms with van der Waals surface area (Å²) in [6, 6.07) is 1.20. The van der Waals surface area contributed by atoms with Crippen molar-refractivity contribution in [2.24, 2.45) is 5.92 Å². The highest BCUT2D eigenvalue weighted by Gasteiger charge is 2.37. The lowest BCUT2D eigenvalue weighted by molar-refractivity contribution is -0.124. The third-order valence-electron chi connectivity index (χ3n) is 3.55. The second-order valence-electron chi connectivity index (χ2n) is 5.31. The maximum Gasteiger partial charge on any atom is 0.293 e. The first-order chi connectivity index (χ1) is 9.65. The van der Waals surface area contributed by atoms with Crippen molar-refractivity contribution in [2.45, 2.75) is 25.8 Å². The normalized spacial score (nSPS) is 22.1. The van der Waals surface area contributed by atoms with Crippen molar-refractivity contribution < 1.29 is 14.1 Å². The van der Waals surface area contributed by atoms with E-state index in [1.807, 2.05) is 0 Å². The highest BCUT2D eigenvalue weighted by Crippen LogP contribution is 2.28. The number of aryl methyl sites for hydroxylation is 1. The van der Waals surface area contributed by atoms with Crippen LogP contribution in [0, 0.1) is 12.8 Å². The lowest BCUT2D eigenvalue weighted by Crippen LogP contribution is -2.47. The first-order valence-corrected chi connectivity index (χ1v) is 7.90. The molecule has 20 heavy (non-hydrogen) atoms. The zero-order chi connectivity index (χ0) is 14.1. The van der Waals surface area contributed by atoms with Crippen LogP contribution < -0.4 is 5.32 Å². The second kappa shape index (κ2) is 5.47. The minimum absolute atomic E-state index is 0.0634. The van der Waals surface area contributed by atoms with Gasteiger partial charge < -0.3 is 14.7 Å². The molecule has 0 aromatic carbocycles. The fraction of sp³-hybridized carbons (Fsp3) is 0.615. The molecule has 1 aromatic heterocycles. The van der Waals surface area contributed by atoms with Crippen LogP contribution in [0.15, 0.2) is 10.6 Å². The molecule has 2 aliphatic rings. The number of nitrogens with zero attached hydrogens (tertiary/aromatic N) is 2. The van der Waals surface area contributed by atoms with Gasteiger partial charge in [0, 0.05) is 18.4 Å².